The van der Waals surface area contributed by atoms with Crippen LogP contribution in [0.4, 0.5) is 0 Å². The lowest BCUT2D eigenvalue weighted by molar-refractivity contribution is 0.0707. The molecule has 0 saturated heterocycles. The van der Waals surface area contributed by atoms with Crippen molar-refractivity contribution in [2.75, 3.05) is 6.54 Å². The Kier molecular flexibility index (Phi) is 3.05. The quantitative estimate of drug-likeness (QED) is 0.871. The average molecular weight is 256 g/mol. The van der Waals surface area contributed by atoms with Gasteiger partial charge in [0.1, 0.15) is 5.82 Å². The van der Waals surface area contributed by atoms with Gasteiger partial charge in [0.2, 0.25) is 0 Å². The van der Waals surface area contributed by atoms with Gasteiger partial charge in [-0.3, -0.25) is 4.79 Å². The van der Waals surface area contributed by atoms with Gasteiger partial charge in [0.05, 0.1) is 6.54 Å². The van der Waals surface area contributed by atoms with E-state index in [0.29, 0.717) is 18.7 Å². The molecular weight excluding hydrogens is 240 g/mol. The Bertz CT molecular complexity index is 605. The Labute approximate surface area is 111 Å². The highest BCUT2D eigenvalue weighted by atomic mass is 16.2. The fourth-order valence-electron chi connectivity index (χ4n) is 2.36. The van der Waals surface area contributed by atoms with Crippen molar-refractivity contribution < 1.29 is 4.79 Å². The van der Waals surface area contributed by atoms with Gasteiger partial charge in [-0.25, -0.2) is 4.98 Å². The summed E-state index contributed by atoms with van der Waals surface area (Å²) in [6.45, 7) is 2.54. The van der Waals surface area contributed by atoms with Crippen molar-refractivity contribution in [3.05, 3.63) is 53.6 Å². The van der Waals surface area contributed by atoms with Crippen LogP contribution in [0.25, 0.3) is 0 Å². The molecule has 1 aromatic heterocycles. The molecule has 1 amide bonds. The second-order valence-electron chi connectivity index (χ2n) is 4.67. The van der Waals surface area contributed by atoms with E-state index in [-0.39, 0.29) is 5.91 Å². The van der Waals surface area contributed by atoms with Gasteiger partial charge in [0.15, 0.2) is 0 Å². The molecule has 0 bridgehead atoms. The molecule has 2 heterocycles. The summed E-state index contributed by atoms with van der Waals surface area (Å²) in [6, 6.07) is 7.51. The van der Waals surface area contributed by atoms with E-state index in [0.717, 1.165) is 24.5 Å². The molecule has 0 fully saturated rings. The number of hydrogen-bond donors (Lipinski definition) is 1. The van der Waals surface area contributed by atoms with E-state index in [9.17, 15) is 4.79 Å². The second-order valence-corrected chi connectivity index (χ2v) is 4.67. The third-order valence-electron chi connectivity index (χ3n) is 3.44. The minimum absolute atomic E-state index is 0.0459. The van der Waals surface area contributed by atoms with Gasteiger partial charge in [-0.2, -0.15) is 0 Å². The van der Waals surface area contributed by atoms with Crippen molar-refractivity contribution in [3.63, 3.8) is 0 Å². The molecule has 1 aromatic carbocycles. The number of rotatable bonds is 2. The molecule has 5 heteroatoms. The van der Waals surface area contributed by atoms with E-state index in [1.54, 1.807) is 6.20 Å². The summed E-state index contributed by atoms with van der Waals surface area (Å²) >= 11 is 0. The highest BCUT2D eigenvalue weighted by molar-refractivity contribution is 5.94. The molecule has 0 radical (unpaired) electrons. The number of nitrogens with two attached hydrogens (primary N) is 1. The van der Waals surface area contributed by atoms with Gasteiger partial charge < -0.3 is 15.2 Å². The van der Waals surface area contributed by atoms with Gasteiger partial charge in [-0.1, -0.05) is 12.1 Å². The minimum atomic E-state index is 0.0459. The monoisotopic (exact) mass is 256 g/mol. The van der Waals surface area contributed by atoms with Crippen molar-refractivity contribution in [1.82, 2.24) is 14.5 Å². The van der Waals surface area contributed by atoms with Crippen LogP contribution in [0.5, 0.6) is 0 Å². The highest BCUT2D eigenvalue weighted by Gasteiger charge is 2.22. The Morgan fingerprint density at radius 2 is 2.26 bits per heavy atom. The summed E-state index contributed by atoms with van der Waals surface area (Å²) < 4.78 is 2.08. The Morgan fingerprint density at radius 3 is 3.11 bits per heavy atom. The van der Waals surface area contributed by atoms with E-state index < -0.39 is 0 Å². The molecule has 1 aliphatic rings. The molecule has 2 aromatic rings. The van der Waals surface area contributed by atoms with Crippen molar-refractivity contribution in [1.29, 1.82) is 0 Å². The molecule has 5 nitrogen and oxygen atoms in total. The third-order valence-corrected chi connectivity index (χ3v) is 3.44. The summed E-state index contributed by atoms with van der Waals surface area (Å²) in [5.41, 5.74) is 7.28. The number of carbonyl (C=O) groups is 1. The van der Waals surface area contributed by atoms with E-state index >= 15 is 0 Å². The number of carbonyl (C=O) groups excluding carboxylic acids is 1. The lowest BCUT2D eigenvalue weighted by atomic mass is 10.1. The van der Waals surface area contributed by atoms with Crippen molar-refractivity contribution >= 4 is 5.91 Å². The lowest BCUT2D eigenvalue weighted by Gasteiger charge is -2.27. The summed E-state index contributed by atoms with van der Waals surface area (Å²) in [5.74, 6) is 0.985. The van der Waals surface area contributed by atoms with Crippen LogP contribution >= 0.6 is 0 Å². The molecule has 1 aliphatic heterocycles. The number of hydrogen-bond acceptors (Lipinski definition) is 3. The smallest absolute Gasteiger partial charge is 0.254 e. The molecule has 98 valence electrons. The van der Waals surface area contributed by atoms with E-state index in [2.05, 4.69) is 9.55 Å². The fraction of sp³-hybridized carbons (Fsp3) is 0.286. The average Bonchev–Trinajstić information content (AvgIpc) is 2.94. The first-order valence-electron chi connectivity index (χ1n) is 6.36. The number of nitrogens with zero attached hydrogens (tertiary/aromatic N) is 3. The molecule has 0 unspecified atom stereocenters. The summed E-state index contributed by atoms with van der Waals surface area (Å²) in [5, 5.41) is 0. The van der Waals surface area contributed by atoms with Gasteiger partial charge in [0, 0.05) is 37.6 Å². The van der Waals surface area contributed by atoms with Gasteiger partial charge >= 0.3 is 0 Å². The van der Waals surface area contributed by atoms with Crippen molar-refractivity contribution in [3.8, 4) is 0 Å². The second kappa shape index (κ2) is 4.85. The molecule has 0 atom stereocenters. The zero-order valence-corrected chi connectivity index (χ0v) is 10.6. The van der Waals surface area contributed by atoms with Gasteiger partial charge in [-0.05, 0) is 17.7 Å². The van der Waals surface area contributed by atoms with Crippen LogP contribution in [-0.4, -0.2) is 26.9 Å². The van der Waals surface area contributed by atoms with Crippen LogP contribution in [0, 0.1) is 0 Å². The number of fused-ring (bicyclic) bond motifs is 1. The number of imidazole rings is 1. The number of aromatic nitrogens is 2. The molecule has 0 aliphatic carbocycles. The van der Waals surface area contributed by atoms with Gasteiger partial charge in [-0.15, -0.1) is 0 Å². The zero-order chi connectivity index (χ0) is 13.2. The van der Waals surface area contributed by atoms with E-state index in [1.807, 2.05) is 35.4 Å². The van der Waals surface area contributed by atoms with Crippen molar-refractivity contribution in [2.45, 2.75) is 19.6 Å². The van der Waals surface area contributed by atoms with E-state index in [1.165, 1.54) is 0 Å². The molecule has 0 saturated carbocycles. The lowest BCUT2D eigenvalue weighted by Crippen LogP contribution is -2.38. The van der Waals surface area contributed by atoms with Gasteiger partial charge in [0.25, 0.3) is 5.91 Å². The largest absolute Gasteiger partial charge is 0.332 e. The maximum absolute atomic E-state index is 12.4. The molecular formula is C14H16N4O. The molecule has 19 heavy (non-hydrogen) atoms. The molecule has 3 rings (SSSR count). The minimum Gasteiger partial charge on any atom is -0.332 e. The Hall–Kier alpha value is -2.14. The Morgan fingerprint density at radius 1 is 1.37 bits per heavy atom. The predicted molar refractivity (Wildman–Crippen MR) is 71.3 cm³/mol. The zero-order valence-electron chi connectivity index (χ0n) is 10.6. The van der Waals surface area contributed by atoms with Crippen LogP contribution < -0.4 is 5.73 Å². The van der Waals surface area contributed by atoms with E-state index in [4.69, 9.17) is 5.73 Å². The summed E-state index contributed by atoms with van der Waals surface area (Å²) in [7, 11) is 0. The van der Waals surface area contributed by atoms with Crippen LogP contribution in [0.1, 0.15) is 21.7 Å². The normalized spacial score (nSPS) is 14.3. The van der Waals surface area contributed by atoms with Crippen molar-refractivity contribution in [2.24, 2.45) is 5.73 Å². The fourth-order valence-corrected chi connectivity index (χ4v) is 2.36. The maximum atomic E-state index is 12.4. The SMILES string of the molecule is NCc1cccc(C(=O)N2CCn3ccnc3C2)c1. The third kappa shape index (κ3) is 2.24. The number of amides is 1. The van der Waals surface area contributed by atoms with Crippen LogP contribution in [0.15, 0.2) is 36.7 Å². The van der Waals surface area contributed by atoms with Crippen LogP contribution in [0.3, 0.4) is 0 Å². The van der Waals surface area contributed by atoms with Crippen LogP contribution in [-0.2, 0) is 19.6 Å². The predicted octanol–water partition coefficient (Wildman–Crippen LogP) is 0.998. The number of benzene rings is 1. The first-order chi connectivity index (χ1) is 9.28. The highest BCUT2D eigenvalue weighted by Crippen LogP contribution is 2.14. The first-order valence-corrected chi connectivity index (χ1v) is 6.36. The summed E-state index contributed by atoms with van der Waals surface area (Å²) in [4.78, 5) is 18.5. The molecule has 0 spiro atoms. The topological polar surface area (TPSA) is 64.2 Å². The maximum Gasteiger partial charge on any atom is 0.254 e. The first kappa shape index (κ1) is 11.9. The standard InChI is InChI=1S/C14H16N4O/c15-9-11-2-1-3-12(8-11)14(19)18-7-6-17-5-4-16-13(17)10-18/h1-5,8H,6-7,9-10,15H2. The molecule has 2 N–H and O–H groups in total. The van der Waals surface area contributed by atoms with Crippen LogP contribution in [0.2, 0.25) is 0 Å². The summed E-state index contributed by atoms with van der Waals surface area (Å²) in [6.07, 6.45) is 3.73. The Balaban J connectivity index is 1.81.